The monoisotopic (exact) mass is 396 g/mol. The fourth-order valence-electron chi connectivity index (χ4n) is 3.68. The third-order valence-electron chi connectivity index (χ3n) is 5.41. The lowest BCUT2D eigenvalue weighted by Crippen LogP contribution is -2.42. The van der Waals surface area contributed by atoms with Gasteiger partial charge >= 0.3 is 6.09 Å². The highest BCUT2D eigenvalue weighted by Gasteiger charge is 2.34. The predicted molar refractivity (Wildman–Crippen MR) is 112 cm³/mol. The van der Waals surface area contributed by atoms with Crippen molar-refractivity contribution < 1.29 is 9.53 Å². The number of carbonyl (C=O) groups excluding carboxylic acids is 1. The van der Waals surface area contributed by atoms with Crippen LogP contribution in [-0.2, 0) is 17.8 Å². The zero-order valence-electron chi connectivity index (χ0n) is 16.8. The van der Waals surface area contributed by atoms with Gasteiger partial charge in [0.05, 0.1) is 6.04 Å². The Hall–Kier alpha value is -2.71. The van der Waals surface area contributed by atoms with E-state index in [1.54, 1.807) is 17.2 Å². The number of anilines is 2. The Kier molecular flexibility index (Phi) is 6.21. The molecule has 2 aliphatic heterocycles. The molecule has 8 nitrogen and oxygen atoms in total. The molecule has 0 aliphatic carbocycles. The van der Waals surface area contributed by atoms with Crippen LogP contribution in [0.3, 0.4) is 0 Å². The van der Waals surface area contributed by atoms with Crippen molar-refractivity contribution in [1.29, 1.82) is 0 Å². The van der Waals surface area contributed by atoms with Crippen LogP contribution in [0.1, 0.15) is 24.5 Å². The third-order valence-corrected chi connectivity index (χ3v) is 5.41. The highest BCUT2D eigenvalue weighted by atomic mass is 16.6. The van der Waals surface area contributed by atoms with Crippen molar-refractivity contribution >= 4 is 17.9 Å². The second-order valence-corrected chi connectivity index (χ2v) is 7.44. The van der Waals surface area contributed by atoms with Crippen LogP contribution in [0.4, 0.5) is 16.6 Å². The number of piperazine rings is 1. The summed E-state index contributed by atoms with van der Waals surface area (Å²) in [6.45, 7) is 8.38. The van der Waals surface area contributed by atoms with E-state index in [9.17, 15) is 4.79 Å². The smallest absolute Gasteiger partial charge is 0.415 e. The molecular weight excluding hydrogens is 368 g/mol. The predicted octanol–water partition coefficient (Wildman–Crippen LogP) is 2.23. The van der Waals surface area contributed by atoms with Crippen LogP contribution in [0, 0.1) is 0 Å². The normalized spacial score (nSPS) is 20.0. The minimum atomic E-state index is -0.346. The number of cyclic esters (lactones) is 1. The first-order valence-corrected chi connectivity index (χ1v) is 10.3. The Morgan fingerprint density at radius 2 is 1.93 bits per heavy atom. The van der Waals surface area contributed by atoms with E-state index in [0.717, 1.165) is 44.7 Å². The minimum Gasteiger partial charge on any atom is -0.447 e. The maximum absolute atomic E-state index is 12.0. The van der Waals surface area contributed by atoms with Gasteiger partial charge in [-0.15, -0.1) is 0 Å². The second kappa shape index (κ2) is 9.19. The fraction of sp³-hybridized carbons (Fsp3) is 0.476. The summed E-state index contributed by atoms with van der Waals surface area (Å²) in [5, 5.41) is 6.63. The van der Waals surface area contributed by atoms with Crippen LogP contribution >= 0.6 is 0 Å². The summed E-state index contributed by atoms with van der Waals surface area (Å²) in [7, 11) is 0. The molecule has 0 spiro atoms. The number of aromatic nitrogens is 2. The molecule has 2 fully saturated rings. The molecule has 1 unspecified atom stereocenters. The molecule has 0 radical (unpaired) electrons. The summed E-state index contributed by atoms with van der Waals surface area (Å²) in [5.41, 5.74) is 2.49. The zero-order valence-corrected chi connectivity index (χ0v) is 16.8. The van der Waals surface area contributed by atoms with Crippen molar-refractivity contribution in [3.8, 4) is 0 Å². The summed E-state index contributed by atoms with van der Waals surface area (Å²) in [6.07, 6.45) is 2.14. The molecule has 154 valence electrons. The van der Waals surface area contributed by atoms with Gasteiger partial charge in [0.25, 0.3) is 0 Å². The highest BCUT2D eigenvalue weighted by Crippen LogP contribution is 2.23. The van der Waals surface area contributed by atoms with E-state index in [-0.39, 0.29) is 12.1 Å². The molecule has 1 aromatic heterocycles. The van der Waals surface area contributed by atoms with E-state index in [1.807, 2.05) is 6.92 Å². The largest absolute Gasteiger partial charge is 0.447 e. The van der Waals surface area contributed by atoms with Crippen molar-refractivity contribution in [3.63, 3.8) is 0 Å². The van der Waals surface area contributed by atoms with Crippen LogP contribution < -0.4 is 15.5 Å². The number of carbonyl (C=O) groups is 1. The van der Waals surface area contributed by atoms with Gasteiger partial charge in [0.15, 0.2) is 0 Å². The van der Waals surface area contributed by atoms with E-state index >= 15 is 0 Å². The third kappa shape index (κ3) is 4.83. The summed E-state index contributed by atoms with van der Waals surface area (Å²) >= 11 is 0. The molecule has 2 saturated heterocycles. The molecule has 2 aromatic rings. The molecule has 8 heteroatoms. The van der Waals surface area contributed by atoms with Gasteiger partial charge in [0, 0.05) is 45.5 Å². The highest BCUT2D eigenvalue weighted by molar-refractivity contribution is 5.89. The van der Waals surface area contributed by atoms with Crippen LogP contribution in [0.2, 0.25) is 0 Å². The first-order chi connectivity index (χ1) is 14.2. The molecule has 1 amide bonds. The van der Waals surface area contributed by atoms with Gasteiger partial charge in [0.1, 0.15) is 12.4 Å². The number of rotatable bonds is 7. The Labute approximate surface area is 171 Å². The number of ether oxygens (including phenoxy) is 1. The Morgan fingerprint density at radius 3 is 2.69 bits per heavy atom. The van der Waals surface area contributed by atoms with Crippen molar-refractivity contribution in [2.24, 2.45) is 0 Å². The Bertz CT molecular complexity index is 822. The van der Waals surface area contributed by atoms with Crippen LogP contribution in [0.15, 0.2) is 36.5 Å². The minimum absolute atomic E-state index is 0.0217. The lowest BCUT2D eigenvalue weighted by Gasteiger charge is -2.27. The SMILES string of the molecule is CCC1COC(=O)N1c1ccnc(NCc2ccc(CN3CCNCC3)cc2)n1. The number of hydrogen-bond acceptors (Lipinski definition) is 7. The van der Waals surface area contributed by atoms with Crippen molar-refractivity contribution in [3.05, 3.63) is 47.7 Å². The quantitative estimate of drug-likeness (QED) is 0.743. The first kappa shape index (κ1) is 19.6. The van der Waals surface area contributed by atoms with Gasteiger partial charge in [-0.05, 0) is 23.6 Å². The number of nitrogens with one attached hydrogen (secondary N) is 2. The first-order valence-electron chi connectivity index (χ1n) is 10.3. The summed E-state index contributed by atoms with van der Waals surface area (Å²) in [6, 6.07) is 10.4. The standard InChI is InChI=1S/C21H28N6O2/c1-2-18-15-29-21(28)27(18)19-7-8-23-20(25-19)24-13-16-3-5-17(6-4-16)14-26-11-9-22-10-12-26/h3-8,18,22H,2,9-15H2,1H3,(H,23,24,25). The molecule has 29 heavy (non-hydrogen) atoms. The Morgan fingerprint density at radius 1 is 1.17 bits per heavy atom. The van der Waals surface area contributed by atoms with Gasteiger partial charge in [0.2, 0.25) is 5.95 Å². The van der Waals surface area contributed by atoms with E-state index in [0.29, 0.717) is 24.9 Å². The van der Waals surface area contributed by atoms with Crippen LogP contribution in [0.25, 0.3) is 0 Å². The van der Waals surface area contributed by atoms with Crippen molar-refractivity contribution in [1.82, 2.24) is 20.2 Å². The van der Waals surface area contributed by atoms with Gasteiger partial charge in [-0.25, -0.2) is 9.78 Å². The average molecular weight is 396 g/mol. The molecule has 4 rings (SSSR count). The maximum atomic E-state index is 12.0. The Balaban J connectivity index is 1.35. The lowest BCUT2D eigenvalue weighted by atomic mass is 10.1. The zero-order chi connectivity index (χ0) is 20.1. The molecule has 2 aliphatic rings. The summed E-state index contributed by atoms with van der Waals surface area (Å²) in [5.74, 6) is 1.07. The maximum Gasteiger partial charge on any atom is 0.415 e. The summed E-state index contributed by atoms with van der Waals surface area (Å²) in [4.78, 5) is 24.9. The topological polar surface area (TPSA) is 82.6 Å². The molecule has 3 heterocycles. The second-order valence-electron chi connectivity index (χ2n) is 7.44. The van der Waals surface area contributed by atoms with Crippen LogP contribution in [0.5, 0.6) is 0 Å². The number of hydrogen-bond donors (Lipinski definition) is 2. The van der Waals surface area contributed by atoms with E-state index in [4.69, 9.17) is 4.74 Å². The lowest BCUT2D eigenvalue weighted by molar-refractivity contribution is 0.178. The number of nitrogens with zero attached hydrogens (tertiary/aromatic N) is 4. The molecule has 0 bridgehead atoms. The number of benzene rings is 1. The number of amides is 1. The van der Waals surface area contributed by atoms with E-state index in [1.165, 1.54) is 5.56 Å². The van der Waals surface area contributed by atoms with Crippen molar-refractivity contribution in [2.75, 3.05) is 43.0 Å². The van der Waals surface area contributed by atoms with Gasteiger partial charge in [-0.3, -0.25) is 9.80 Å². The van der Waals surface area contributed by atoms with Crippen molar-refractivity contribution in [2.45, 2.75) is 32.5 Å². The average Bonchev–Trinajstić information content (AvgIpc) is 3.15. The summed E-state index contributed by atoms with van der Waals surface area (Å²) < 4.78 is 5.16. The van der Waals surface area contributed by atoms with Gasteiger partial charge in [-0.2, -0.15) is 4.98 Å². The molecule has 0 saturated carbocycles. The van der Waals surface area contributed by atoms with E-state index < -0.39 is 0 Å². The van der Waals surface area contributed by atoms with Gasteiger partial charge in [-0.1, -0.05) is 31.2 Å². The fourth-order valence-corrected chi connectivity index (χ4v) is 3.68. The molecule has 1 aromatic carbocycles. The molecule has 1 atom stereocenters. The van der Waals surface area contributed by atoms with Crippen LogP contribution in [-0.4, -0.2) is 59.8 Å². The van der Waals surface area contributed by atoms with Gasteiger partial charge < -0.3 is 15.4 Å². The molecule has 2 N–H and O–H groups in total. The van der Waals surface area contributed by atoms with E-state index in [2.05, 4.69) is 49.8 Å². The molecular formula is C21H28N6O2.